The molecule has 3 rings (SSSR count). The van der Waals surface area contributed by atoms with Crippen molar-refractivity contribution in [2.24, 2.45) is 5.73 Å². The van der Waals surface area contributed by atoms with Gasteiger partial charge in [0, 0.05) is 0 Å². The van der Waals surface area contributed by atoms with Crippen LogP contribution in [0.15, 0.2) is 28.8 Å². The van der Waals surface area contributed by atoms with Gasteiger partial charge in [0.05, 0.1) is 18.2 Å². The SMILES string of the molecule is COc1ccccc1-c1noc(C2(N)CCCCC2)n1. The first-order valence-corrected chi connectivity index (χ1v) is 6.99. The maximum absolute atomic E-state index is 6.41. The Morgan fingerprint density at radius 2 is 1.95 bits per heavy atom. The Labute approximate surface area is 118 Å². The van der Waals surface area contributed by atoms with Crippen LogP contribution in [0, 0.1) is 0 Å². The van der Waals surface area contributed by atoms with Crippen LogP contribution in [0.3, 0.4) is 0 Å². The molecule has 1 fully saturated rings. The second kappa shape index (κ2) is 5.25. The third-order valence-corrected chi connectivity index (χ3v) is 3.95. The number of aromatic nitrogens is 2. The van der Waals surface area contributed by atoms with Gasteiger partial charge in [-0.3, -0.25) is 0 Å². The largest absolute Gasteiger partial charge is 0.496 e. The molecule has 0 aliphatic heterocycles. The van der Waals surface area contributed by atoms with Gasteiger partial charge in [-0.1, -0.05) is 36.6 Å². The molecule has 106 valence electrons. The minimum Gasteiger partial charge on any atom is -0.496 e. The lowest BCUT2D eigenvalue weighted by Crippen LogP contribution is -2.38. The molecule has 1 aliphatic rings. The van der Waals surface area contributed by atoms with E-state index in [0.717, 1.165) is 37.0 Å². The van der Waals surface area contributed by atoms with E-state index in [9.17, 15) is 0 Å². The first kappa shape index (κ1) is 13.1. The molecular weight excluding hydrogens is 254 g/mol. The van der Waals surface area contributed by atoms with Gasteiger partial charge in [-0.15, -0.1) is 0 Å². The second-order valence-corrected chi connectivity index (χ2v) is 5.34. The molecule has 0 spiro atoms. The van der Waals surface area contributed by atoms with Crippen LogP contribution in [0.2, 0.25) is 0 Å². The average molecular weight is 273 g/mol. The van der Waals surface area contributed by atoms with E-state index in [-0.39, 0.29) is 0 Å². The van der Waals surface area contributed by atoms with Crippen LogP contribution >= 0.6 is 0 Å². The predicted molar refractivity (Wildman–Crippen MR) is 75.2 cm³/mol. The molecule has 1 aliphatic carbocycles. The molecule has 5 heteroatoms. The Morgan fingerprint density at radius 3 is 2.70 bits per heavy atom. The molecule has 1 saturated carbocycles. The number of hydrogen-bond acceptors (Lipinski definition) is 5. The van der Waals surface area contributed by atoms with E-state index in [4.69, 9.17) is 15.0 Å². The number of benzene rings is 1. The summed E-state index contributed by atoms with van der Waals surface area (Å²) in [4.78, 5) is 4.50. The van der Waals surface area contributed by atoms with Crippen molar-refractivity contribution in [3.05, 3.63) is 30.2 Å². The molecule has 1 aromatic carbocycles. The van der Waals surface area contributed by atoms with Crippen LogP contribution in [0.1, 0.15) is 38.0 Å². The molecular formula is C15H19N3O2. The van der Waals surface area contributed by atoms with Gasteiger partial charge in [0.1, 0.15) is 5.75 Å². The molecule has 2 aromatic rings. The number of nitrogens with zero attached hydrogens (tertiary/aromatic N) is 2. The van der Waals surface area contributed by atoms with Crippen molar-refractivity contribution < 1.29 is 9.26 Å². The molecule has 0 bridgehead atoms. The predicted octanol–water partition coefficient (Wildman–Crippen LogP) is 2.86. The van der Waals surface area contributed by atoms with Gasteiger partial charge >= 0.3 is 0 Å². The van der Waals surface area contributed by atoms with E-state index in [1.54, 1.807) is 7.11 Å². The third kappa shape index (κ3) is 2.29. The molecule has 20 heavy (non-hydrogen) atoms. The number of nitrogens with two attached hydrogens (primary N) is 1. The van der Waals surface area contributed by atoms with E-state index in [1.165, 1.54) is 6.42 Å². The highest BCUT2D eigenvalue weighted by Crippen LogP contribution is 2.35. The normalized spacial score (nSPS) is 17.9. The highest BCUT2D eigenvalue weighted by atomic mass is 16.5. The number of ether oxygens (including phenoxy) is 1. The summed E-state index contributed by atoms with van der Waals surface area (Å²) in [5, 5.41) is 4.07. The van der Waals surface area contributed by atoms with Crippen LogP contribution in [0.4, 0.5) is 0 Å². The topological polar surface area (TPSA) is 74.2 Å². The summed E-state index contributed by atoms with van der Waals surface area (Å²) in [5.74, 6) is 1.81. The number of hydrogen-bond donors (Lipinski definition) is 1. The van der Waals surface area contributed by atoms with Gasteiger partial charge in [0.25, 0.3) is 0 Å². The van der Waals surface area contributed by atoms with Crippen LogP contribution in [-0.4, -0.2) is 17.3 Å². The van der Waals surface area contributed by atoms with Crippen molar-refractivity contribution >= 4 is 0 Å². The highest BCUT2D eigenvalue weighted by molar-refractivity contribution is 5.63. The molecule has 1 aromatic heterocycles. The fraction of sp³-hybridized carbons (Fsp3) is 0.467. The van der Waals surface area contributed by atoms with Crippen LogP contribution in [-0.2, 0) is 5.54 Å². The molecule has 2 N–H and O–H groups in total. The zero-order chi connectivity index (χ0) is 14.0. The Hall–Kier alpha value is -1.88. The van der Waals surface area contributed by atoms with Crippen molar-refractivity contribution in [1.82, 2.24) is 10.1 Å². The maximum atomic E-state index is 6.41. The number of methoxy groups -OCH3 is 1. The third-order valence-electron chi connectivity index (χ3n) is 3.95. The lowest BCUT2D eigenvalue weighted by Gasteiger charge is -2.29. The minimum absolute atomic E-state index is 0.467. The molecule has 0 unspecified atom stereocenters. The average Bonchev–Trinajstić information content (AvgIpc) is 2.98. The van der Waals surface area contributed by atoms with Crippen LogP contribution < -0.4 is 10.5 Å². The van der Waals surface area contributed by atoms with E-state index < -0.39 is 5.54 Å². The van der Waals surface area contributed by atoms with Crippen molar-refractivity contribution in [3.63, 3.8) is 0 Å². The van der Waals surface area contributed by atoms with Crippen molar-refractivity contribution in [1.29, 1.82) is 0 Å². The summed E-state index contributed by atoms with van der Waals surface area (Å²) < 4.78 is 10.7. The first-order valence-electron chi connectivity index (χ1n) is 6.99. The maximum Gasteiger partial charge on any atom is 0.247 e. The summed E-state index contributed by atoms with van der Waals surface area (Å²) in [7, 11) is 1.63. The lowest BCUT2D eigenvalue weighted by atomic mass is 9.82. The van der Waals surface area contributed by atoms with Gasteiger partial charge < -0.3 is 15.0 Å². The molecule has 0 atom stereocenters. The van der Waals surface area contributed by atoms with Gasteiger partial charge in [-0.2, -0.15) is 4.98 Å². The smallest absolute Gasteiger partial charge is 0.247 e. The summed E-state index contributed by atoms with van der Waals surface area (Å²) in [5.41, 5.74) is 6.77. The zero-order valence-corrected chi connectivity index (χ0v) is 11.6. The molecule has 0 amide bonds. The summed E-state index contributed by atoms with van der Waals surface area (Å²) in [6.07, 6.45) is 5.26. The van der Waals surface area contributed by atoms with Crippen molar-refractivity contribution in [3.8, 4) is 17.1 Å². The van der Waals surface area contributed by atoms with E-state index in [0.29, 0.717) is 11.7 Å². The number of para-hydroxylation sites is 1. The fourth-order valence-electron chi connectivity index (χ4n) is 2.76. The summed E-state index contributed by atoms with van der Waals surface area (Å²) >= 11 is 0. The summed E-state index contributed by atoms with van der Waals surface area (Å²) in [6.45, 7) is 0. The standard InChI is InChI=1S/C15H19N3O2/c1-19-12-8-4-3-7-11(12)13-17-14(20-18-13)15(16)9-5-2-6-10-15/h3-4,7-8H,2,5-6,9-10,16H2,1H3. The fourth-order valence-corrected chi connectivity index (χ4v) is 2.76. The lowest BCUT2D eigenvalue weighted by molar-refractivity contribution is 0.220. The van der Waals surface area contributed by atoms with Gasteiger partial charge in [-0.25, -0.2) is 0 Å². The molecule has 5 nitrogen and oxygen atoms in total. The van der Waals surface area contributed by atoms with E-state index >= 15 is 0 Å². The van der Waals surface area contributed by atoms with Gasteiger partial charge in [0.15, 0.2) is 0 Å². The minimum atomic E-state index is -0.467. The van der Waals surface area contributed by atoms with Gasteiger partial charge in [-0.05, 0) is 25.0 Å². The van der Waals surface area contributed by atoms with E-state index in [1.807, 2.05) is 24.3 Å². The molecule has 0 radical (unpaired) electrons. The van der Waals surface area contributed by atoms with Gasteiger partial charge in [0.2, 0.25) is 11.7 Å². The number of rotatable bonds is 3. The quantitative estimate of drug-likeness (QED) is 0.930. The first-order chi connectivity index (χ1) is 9.73. The van der Waals surface area contributed by atoms with Crippen molar-refractivity contribution in [2.75, 3.05) is 7.11 Å². The molecule has 1 heterocycles. The van der Waals surface area contributed by atoms with Crippen molar-refractivity contribution in [2.45, 2.75) is 37.6 Å². The Kier molecular flexibility index (Phi) is 3.44. The second-order valence-electron chi connectivity index (χ2n) is 5.34. The van der Waals surface area contributed by atoms with Crippen LogP contribution in [0.25, 0.3) is 11.4 Å². The Morgan fingerprint density at radius 1 is 1.20 bits per heavy atom. The summed E-state index contributed by atoms with van der Waals surface area (Å²) in [6, 6.07) is 7.63. The highest BCUT2D eigenvalue weighted by Gasteiger charge is 2.35. The Bertz CT molecular complexity index is 588. The monoisotopic (exact) mass is 273 g/mol. The Balaban J connectivity index is 1.94. The zero-order valence-electron chi connectivity index (χ0n) is 11.6. The van der Waals surface area contributed by atoms with Crippen LogP contribution in [0.5, 0.6) is 5.75 Å². The van der Waals surface area contributed by atoms with E-state index in [2.05, 4.69) is 10.1 Å². The molecule has 0 saturated heterocycles.